The topological polar surface area (TPSA) is 63.3 Å². The molecule has 1 aliphatic rings. The summed E-state index contributed by atoms with van der Waals surface area (Å²) in [5.74, 6) is 0.423. The van der Waals surface area contributed by atoms with Crippen LogP contribution in [0.5, 0.6) is 5.75 Å². The number of phenolic OH excluding ortho intramolecular Hbond substituents is 1. The van der Waals surface area contributed by atoms with E-state index in [2.05, 4.69) is 0 Å². The lowest BCUT2D eigenvalue weighted by atomic mass is 9.90. The predicted molar refractivity (Wildman–Crippen MR) is 66.8 cm³/mol. The smallest absolute Gasteiger partial charge is 0.139 e. The number of hydrogen-bond acceptors (Lipinski definition) is 3. The highest BCUT2D eigenvalue weighted by Gasteiger charge is 2.31. The maximum Gasteiger partial charge on any atom is 0.139 e. The van der Waals surface area contributed by atoms with Gasteiger partial charge >= 0.3 is 0 Å². The van der Waals surface area contributed by atoms with Crippen molar-refractivity contribution in [1.29, 1.82) is 0 Å². The summed E-state index contributed by atoms with van der Waals surface area (Å²) in [6.07, 6.45) is 5.11. The first-order valence-electron chi connectivity index (χ1n) is 6.16. The van der Waals surface area contributed by atoms with Crippen molar-refractivity contribution >= 4 is 5.78 Å². The summed E-state index contributed by atoms with van der Waals surface area (Å²) in [6.45, 7) is 0. The number of carbonyl (C=O) groups excluding carboxylic acids is 1. The summed E-state index contributed by atoms with van der Waals surface area (Å²) < 4.78 is 0. The Bertz CT molecular complexity index is 391. The van der Waals surface area contributed by atoms with Gasteiger partial charge in [0, 0.05) is 18.4 Å². The van der Waals surface area contributed by atoms with E-state index >= 15 is 0 Å². The Hall–Kier alpha value is -1.35. The van der Waals surface area contributed by atoms with Crippen molar-refractivity contribution in [3.05, 3.63) is 29.8 Å². The minimum atomic E-state index is -0.256. The van der Waals surface area contributed by atoms with Crippen LogP contribution in [0.1, 0.15) is 37.7 Å². The Balaban J connectivity index is 1.91. The first-order valence-corrected chi connectivity index (χ1v) is 6.16. The molecule has 3 heteroatoms. The maximum absolute atomic E-state index is 11.9. The number of ketones is 1. The van der Waals surface area contributed by atoms with Gasteiger partial charge in [-0.25, -0.2) is 0 Å². The number of aromatic hydroxyl groups is 1. The van der Waals surface area contributed by atoms with Crippen molar-refractivity contribution in [3.8, 4) is 5.75 Å². The Labute approximate surface area is 102 Å². The van der Waals surface area contributed by atoms with Crippen LogP contribution in [0, 0.1) is 0 Å². The first kappa shape index (κ1) is 12.1. The Morgan fingerprint density at radius 1 is 1.24 bits per heavy atom. The van der Waals surface area contributed by atoms with E-state index in [1.165, 1.54) is 0 Å². The number of Topliss-reactive ketones (excluding diaryl/α,β-unsaturated/α-hetero) is 1. The van der Waals surface area contributed by atoms with Crippen molar-refractivity contribution in [2.24, 2.45) is 5.73 Å². The number of phenols is 1. The van der Waals surface area contributed by atoms with Crippen molar-refractivity contribution in [2.45, 2.75) is 44.1 Å². The molecule has 0 bridgehead atoms. The maximum atomic E-state index is 11.9. The molecule has 1 aromatic rings. The first-order chi connectivity index (χ1) is 8.07. The molecule has 3 N–H and O–H groups in total. The lowest BCUT2D eigenvalue weighted by Crippen LogP contribution is -2.39. The average molecular weight is 233 g/mol. The van der Waals surface area contributed by atoms with Crippen molar-refractivity contribution < 1.29 is 9.90 Å². The summed E-state index contributed by atoms with van der Waals surface area (Å²) in [5.41, 5.74) is 6.86. The van der Waals surface area contributed by atoms with E-state index in [9.17, 15) is 4.79 Å². The monoisotopic (exact) mass is 233 g/mol. The lowest BCUT2D eigenvalue weighted by molar-refractivity contribution is -0.119. The molecule has 1 aromatic carbocycles. The van der Waals surface area contributed by atoms with E-state index in [-0.39, 0.29) is 17.1 Å². The number of nitrogens with two attached hydrogens (primary N) is 1. The standard InChI is InChI=1S/C14H19NO2/c15-14(7-1-2-8-14)10-13(17)9-11-3-5-12(16)6-4-11/h3-6,16H,1-2,7-10,15H2. The molecule has 1 fully saturated rings. The van der Waals surface area contributed by atoms with Gasteiger partial charge in [-0.05, 0) is 30.5 Å². The lowest BCUT2D eigenvalue weighted by Gasteiger charge is -2.22. The van der Waals surface area contributed by atoms with Crippen LogP contribution in [0.3, 0.4) is 0 Å². The molecule has 2 rings (SSSR count). The quantitative estimate of drug-likeness (QED) is 0.837. The van der Waals surface area contributed by atoms with Gasteiger partial charge in [-0.3, -0.25) is 4.79 Å². The largest absolute Gasteiger partial charge is 0.508 e. The van der Waals surface area contributed by atoms with Gasteiger partial charge in [-0.1, -0.05) is 25.0 Å². The van der Waals surface area contributed by atoms with Crippen molar-refractivity contribution in [1.82, 2.24) is 0 Å². The van der Waals surface area contributed by atoms with E-state index < -0.39 is 0 Å². The van der Waals surface area contributed by atoms with Crippen LogP contribution in [-0.2, 0) is 11.2 Å². The molecule has 0 heterocycles. The Kier molecular flexibility index (Phi) is 3.48. The molecule has 17 heavy (non-hydrogen) atoms. The Morgan fingerprint density at radius 3 is 2.41 bits per heavy atom. The summed E-state index contributed by atoms with van der Waals surface area (Å²) in [4.78, 5) is 11.9. The average Bonchev–Trinajstić information content (AvgIpc) is 2.68. The van der Waals surface area contributed by atoms with E-state index in [1.54, 1.807) is 24.3 Å². The summed E-state index contributed by atoms with van der Waals surface area (Å²) >= 11 is 0. The van der Waals surface area contributed by atoms with E-state index in [0.717, 1.165) is 31.2 Å². The molecule has 0 aromatic heterocycles. The molecule has 0 aliphatic heterocycles. The zero-order valence-corrected chi connectivity index (χ0v) is 9.98. The third-order valence-electron chi connectivity index (χ3n) is 3.49. The number of carbonyl (C=O) groups is 1. The second-order valence-electron chi connectivity index (χ2n) is 5.13. The van der Waals surface area contributed by atoms with Gasteiger partial charge in [0.25, 0.3) is 0 Å². The predicted octanol–water partition coefficient (Wildman–Crippen LogP) is 2.17. The van der Waals surface area contributed by atoms with Crippen LogP contribution in [-0.4, -0.2) is 16.4 Å². The third-order valence-corrected chi connectivity index (χ3v) is 3.49. The van der Waals surface area contributed by atoms with Crippen molar-refractivity contribution in [2.75, 3.05) is 0 Å². The zero-order valence-electron chi connectivity index (χ0n) is 9.98. The van der Waals surface area contributed by atoms with Crippen LogP contribution in [0.2, 0.25) is 0 Å². The Morgan fingerprint density at radius 2 is 1.82 bits per heavy atom. The zero-order chi connectivity index (χ0) is 12.3. The second kappa shape index (κ2) is 4.88. The normalized spacial score (nSPS) is 18.2. The molecule has 1 saturated carbocycles. The van der Waals surface area contributed by atoms with Crippen LogP contribution in [0.15, 0.2) is 24.3 Å². The highest BCUT2D eigenvalue weighted by atomic mass is 16.3. The molecule has 0 atom stereocenters. The van der Waals surface area contributed by atoms with Gasteiger partial charge < -0.3 is 10.8 Å². The minimum absolute atomic E-state index is 0.195. The highest BCUT2D eigenvalue weighted by molar-refractivity contribution is 5.82. The number of benzene rings is 1. The molecule has 3 nitrogen and oxygen atoms in total. The fraction of sp³-hybridized carbons (Fsp3) is 0.500. The number of hydrogen-bond donors (Lipinski definition) is 2. The molecule has 0 unspecified atom stereocenters. The highest BCUT2D eigenvalue weighted by Crippen LogP contribution is 2.30. The van der Waals surface area contributed by atoms with Gasteiger partial charge in [0.15, 0.2) is 0 Å². The molecule has 92 valence electrons. The van der Waals surface area contributed by atoms with Gasteiger partial charge in [-0.15, -0.1) is 0 Å². The molecule has 1 aliphatic carbocycles. The second-order valence-corrected chi connectivity index (χ2v) is 5.13. The fourth-order valence-corrected chi connectivity index (χ4v) is 2.55. The molecule has 0 radical (unpaired) electrons. The summed E-state index contributed by atoms with van der Waals surface area (Å²) in [7, 11) is 0. The van der Waals surface area contributed by atoms with E-state index in [1.807, 2.05) is 0 Å². The molecular weight excluding hydrogens is 214 g/mol. The minimum Gasteiger partial charge on any atom is -0.508 e. The molecule has 0 saturated heterocycles. The van der Waals surface area contributed by atoms with Gasteiger partial charge in [0.2, 0.25) is 0 Å². The molecule has 0 spiro atoms. The van der Waals surface area contributed by atoms with Crippen LogP contribution in [0.4, 0.5) is 0 Å². The van der Waals surface area contributed by atoms with Crippen LogP contribution < -0.4 is 5.73 Å². The third kappa shape index (κ3) is 3.30. The van der Waals surface area contributed by atoms with Crippen molar-refractivity contribution in [3.63, 3.8) is 0 Å². The van der Waals surface area contributed by atoms with Gasteiger partial charge in [0.1, 0.15) is 11.5 Å². The van der Waals surface area contributed by atoms with Gasteiger partial charge in [0.05, 0.1) is 0 Å². The summed E-state index contributed by atoms with van der Waals surface area (Å²) in [6, 6.07) is 6.78. The fourth-order valence-electron chi connectivity index (χ4n) is 2.55. The van der Waals surface area contributed by atoms with Crippen LogP contribution >= 0.6 is 0 Å². The van der Waals surface area contributed by atoms with Crippen LogP contribution in [0.25, 0.3) is 0 Å². The number of rotatable bonds is 4. The molecular formula is C14H19NO2. The summed E-state index contributed by atoms with van der Waals surface area (Å²) in [5, 5.41) is 9.16. The van der Waals surface area contributed by atoms with E-state index in [0.29, 0.717) is 12.8 Å². The van der Waals surface area contributed by atoms with Gasteiger partial charge in [-0.2, -0.15) is 0 Å². The van der Waals surface area contributed by atoms with E-state index in [4.69, 9.17) is 10.8 Å². The SMILES string of the molecule is NC1(CC(=O)Cc2ccc(O)cc2)CCCC1. The molecule has 0 amide bonds.